The van der Waals surface area contributed by atoms with E-state index in [0.717, 1.165) is 11.3 Å². The fourth-order valence-corrected chi connectivity index (χ4v) is 2.63. The Kier molecular flexibility index (Phi) is 4.80. The van der Waals surface area contributed by atoms with Crippen molar-refractivity contribution in [3.63, 3.8) is 0 Å². The molecule has 0 unspecified atom stereocenters. The van der Waals surface area contributed by atoms with E-state index in [9.17, 15) is 4.79 Å². The first kappa shape index (κ1) is 15.3. The maximum Gasteiger partial charge on any atom is 0.337 e. The third kappa shape index (κ3) is 3.00. The van der Waals surface area contributed by atoms with E-state index in [0.29, 0.717) is 22.9 Å². The fraction of sp³-hybridized carbons (Fsp3) is 0.333. The van der Waals surface area contributed by atoms with Crippen molar-refractivity contribution in [1.82, 2.24) is 10.6 Å². The summed E-state index contributed by atoms with van der Waals surface area (Å²) in [6, 6.07) is 7.13. The highest BCUT2D eigenvalue weighted by Gasteiger charge is 2.32. The van der Waals surface area contributed by atoms with Crippen molar-refractivity contribution in [3.05, 3.63) is 41.1 Å². The average Bonchev–Trinajstić information content (AvgIpc) is 2.53. The van der Waals surface area contributed by atoms with Crippen molar-refractivity contribution in [2.24, 2.45) is 0 Å². The van der Waals surface area contributed by atoms with E-state index >= 15 is 0 Å². The van der Waals surface area contributed by atoms with Gasteiger partial charge in [0.2, 0.25) is 0 Å². The van der Waals surface area contributed by atoms with Crippen LogP contribution in [0.25, 0.3) is 0 Å². The molecule has 5 nitrogen and oxygen atoms in total. The monoisotopic (exact) mass is 306 g/mol. The predicted octanol–water partition coefficient (Wildman–Crippen LogP) is 2.05. The van der Waals surface area contributed by atoms with Crippen molar-refractivity contribution in [1.29, 1.82) is 0 Å². The van der Waals surface area contributed by atoms with Crippen LogP contribution in [0.4, 0.5) is 0 Å². The summed E-state index contributed by atoms with van der Waals surface area (Å²) in [5.41, 5.74) is 2.13. The minimum absolute atomic E-state index is 0.384. The molecule has 21 heavy (non-hydrogen) atoms. The van der Waals surface area contributed by atoms with Gasteiger partial charge in [0.25, 0.3) is 0 Å². The van der Waals surface area contributed by atoms with Gasteiger partial charge in [-0.3, -0.25) is 0 Å². The number of nitrogens with one attached hydrogen (secondary N) is 2. The molecule has 0 aliphatic carbocycles. The number of para-hydroxylation sites is 1. The summed E-state index contributed by atoms with van der Waals surface area (Å²) in [5.74, 6) is 0.307. The number of benzene rings is 1. The SMILES string of the molecule is CCC1=C(C(=O)OC)[C@@H](c2ccccc2OC)NC(=S)N1. The van der Waals surface area contributed by atoms with Crippen molar-refractivity contribution in [2.45, 2.75) is 19.4 Å². The molecule has 0 amide bonds. The molecular formula is C15H18N2O3S. The van der Waals surface area contributed by atoms with E-state index in [1.54, 1.807) is 7.11 Å². The summed E-state index contributed by atoms with van der Waals surface area (Å²) in [4.78, 5) is 12.2. The van der Waals surface area contributed by atoms with Gasteiger partial charge in [-0.1, -0.05) is 25.1 Å². The number of methoxy groups -OCH3 is 2. The summed E-state index contributed by atoms with van der Waals surface area (Å²) in [7, 11) is 2.97. The molecule has 1 aliphatic heterocycles. The second-order valence-electron chi connectivity index (χ2n) is 4.51. The molecule has 0 radical (unpaired) electrons. The third-order valence-corrected chi connectivity index (χ3v) is 3.58. The molecule has 0 bridgehead atoms. The van der Waals surface area contributed by atoms with Gasteiger partial charge < -0.3 is 20.1 Å². The minimum atomic E-state index is -0.391. The van der Waals surface area contributed by atoms with Crippen molar-refractivity contribution < 1.29 is 14.3 Å². The molecule has 2 N–H and O–H groups in total. The van der Waals surface area contributed by atoms with E-state index in [1.165, 1.54) is 7.11 Å². The van der Waals surface area contributed by atoms with Gasteiger partial charge in [-0.05, 0) is 24.7 Å². The Balaban J connectivity index is 2.57. The molecule has 1 atom stereocenters. The zero-order chi connectivity index (χ0) is 15.4. The topological polar surface area (TPSA) is 59.6 Å². The summed E-state index contributed by atoms with van der Waals surface area (Å²) in [6.45, 7) is 1.96. The highest BCUT2D eigenvalue weighted by Crippen LogP contribution is 2.33. The van der Waals surface area contributed by atoms with Crippen LogP contribution in [0.3, 0.4) is 0 Å². The van der Waals surface area contributed by atoms with Crippen LogP contribution >= 0.6 is 12.2 Å². The zero-order valence-corrected chi connectivity index (χ0v) is 13.0. The number of hydrogen-bond donors (Lipinski definition) is 2. The Labute approximate surface area is 129 Å². The minimum Gasteiger partial charge on any atom is -0.496 e. The fourth-order valence-electron chi connectivity index (χ4n) is 2.39. The molecule has 0 saturated heterocycles. The molecule has 1 aromatic rings. The van der Waals surface area contributed by atoms with Crippen LogP contribution in [0.5, 0.6) is 5.75 Å². The van der Waals surface area contributed by atoms with Crippen LogP contribution in [0, 0.1) is 0 Å². The van der Waals surface area contributed by atoms with Crippen LogP contribution in [0.1, 0.15) is 24.9 Å². The lowest BCUT2D eigenvalue weighted by Crippen LogP contribution is -2.45. The lowest BCUT2D eigenvalue weighted by molar-refractivity contribution is -0.136. The Hall–Kier alpha value is -2.08. The number of hydrogen-bond acceptors (Lipinski definition) is 4. The quantitative estimate of drug-likeness (QED) is 0.656. The first-order valence-corrected chi connectivity index (χ1v) is 7.05. The normalized spacial score (nSPS) is 17.9. The zero-order valence-electron chi connectivity index (χ0n) is 12.2. The van der Waals surface area contributed by atoms with E-state index < -0.39 is 6.04 Å². The van der Waals surface area contributed by atoms with Gasteiger partial charge in [-0.25, -0.2) is 4.79 Å². The van der Waals surface area contributed by atoms with Gasteiger partial charge in [0, 0.05) is 11.3 Å². The molecule has 0 fully saturated rings. The third-order valence-electron chi connectivity index (χ3n) is 3.36. The molecule has 1 heterocycles. The van der Waals surface area contributed by atoms with Gasteiger partial charge in [-0.2, -0.15) is 0 Å². The molecule has 112 valence electrons. The number of carbonyl (C=O) groups is 1. The number of rotatable bonds is 4. The van der Waals surface area contributed by atoms with E-state index in [2.05, 4.69) is 10.6 Å². The molecule has 0 spiro atoms. The Morgan fingerprint density at radius 2 is 2.05 bits per heavy atom. The van der Waals surface area contributed by atoms with Crippen LogP contribution in [-0.2, 0) is 9.53 Å². The molecule has 6 heteroatoms. The summed E-state index contributed by atoms with van der Waals surface area (Å²) < 4.78 is 10.3. The molecule has 1 aromatic carbocycles. The molecule has 0 saturated carbocycles. The Morgan fingerprint density at radius 1 is 1.33 bits per heavy atom. The van der Waals surface area contributed by atoms with Gasteiger partial charge in [0.1, 0.15) is 5.75 Å². The second-order valence-corrected chi connectivity index (χ2v) is 4.92. The first-order valence-electron chi connectivity index (χ1n) is 6.64. The number of allylic oxidation sites excluding steroid dienone is 1. The summed E-state index contributed by atoms with van der Waals surface area (Å²) in [6.07, 6.45) is 0.651. The maximum atomic E-state index is 12.2. The molecule has 2 rings (SSSR count). The summed E-state index contributed by atoms with van der Waals surface area (Å²) >= 11 is 5.23. The highest BCUT2D eigenvalue weighted by atomic mass is 32.1. The lowest BCUT2D eigenvalue weighted by atomic mass is 9.94. The van der Waals surface area contributed by atoms with Crippen LogP contribution in [0.15, 0.2) is 35.5 Å². The summed E-state index contributed by atoms with van der Waals surface area (Å²) in [5, 5.41) is 6.63. The molecule has 1 aliphatic rings. The van der Waals surface area contributed by atoms with Gasteiger partial charge in [0.05, 0.1) is 25.8 Å². The number of thiocarbonyl (C=S) groups is 1. The highest BCUT2D eigenvalue weighted by molar-refractivity contribution is 7.80. The average molecular weight is 306 g/mol. The number of carbonyl (C=O) groups excluding carboxylic acids is 1. The van der Waals surface area contributed by atoms with Crippen LogP contribution in [-0.4, -0.2) is 25.3 Å². The van der Waals surface area contributed by atoms with E-state index in [1.807, 2.05) is 31.2 Å². The van der Waals surface area contributed by atoms with Gasteiger partial charge in [-0.15, -0.1) is 0 Å². The number of ether oxygens (including phenoxy) is 2. The Morgan fingerprint density at radius 3 is 2.67 bits per heavy atom. The first-order chi connectivity index (χ1) is 10.1. The second kappa shape index (κ2) is 6.58. The van der Waals surface area contributed by atoms with Crippen LogP contribution < -0.4 is 15.4 Å². The van der Waals surface area contributed by atoms with Crippen molar-refractivity contribution in [3.8, 4) is 5.75 Å². The lowest BCUT2D eigenvalue weighted by Gasteiger charge is -2.31. The van der Waals surface area contributed by atoms with Crippen molar-refractivity contribution >= 4 is 23.3 Å². The van der Waals surface area contributed by atoms with E-state index in [4.69, 9.17) is 21.7 Å². The van der Waals surface area contributed by atoms with E-state index in [-0.39, 0.29) is 5.97 Å². The smallest absolute Gasteiger partial charge is 0.337 e. The van der Waals surface area contributed by atoms with Crippen LogP contribution in [0.2, 0.25) is 0 Å². The molecular weight excluding hydrogens is 288 g/mol. The maximum absolute atomic E-state index is 12.2. The van der Waals surface area contributed by atoms with Crippen molar-refractivity contribution in [2.75, 3.05) is 14.2 Å². The Bertz CT molecular complexity index is 598. The predicted molar refractivity (Wildman–Crippen MR) is 83.9 cm³/mol. The largest absolute Gasteiger partial charge is 0.496 e. The number of esters is 1. The van der Waals surface area contributed by atoms with Gasteiger partial charge >= 0.3 is 5.97 Å². The van der Waals surface area contributed by atoms with Gasteiger partial charge in [0.15, 0.2) is 5.11 Å². The standard InChI is InChI=1S/C15H18N2O3S/c1-4-10-12(14(18)20-3)13(17-15(21)16-10)9-7-5-6-8-11(9)19-2/h5-8,13H,4H2,1-3H3,(H2,16,17,21)/t13-/m1/s1. The molecule has 0 aromatic heterocycles.